The first kappa shape index (κ1) is 11.1. The number of fused-ring (bicyclic) bond motifs is 1. The molecular weight excluding hydrogens is 221 g/mol. The molecule has 0 N–H and O–H groups in total. The Morgan fingerprint density at radius 2 is 2.25 bits per heavy atom. The predicted octanol–water partition coefficient (Wildman–Crippen LogP) is 3.71. The molecule has 2 aromatic rings. The van der Waals surface area contributed by atoms with Crippen LogP contribution < -0.4 is 0 Å². The average molecular weight is 233 g/mol. The van der Waals surface area contributed by atoms with Gasteiger partial charge in [0.15, 0.2) is 0 Å². The van der Waals surface area contributed by atoms with E-state index < -0.39 is 0 Å². The summed E-state index contributed by atoms with van der Waals surface area (Å²) < 4.78 is 13.6. The number of allylic oxidation sites excluding steroid dienone is 1. The Kier molecular flexibility index (Phi) is 3.57. The number of hydrogen-bond donors (Lipinski definition) is 1. The first-order valence-corrected chi connectivity index (χ1v) is 5.76. The van der Waals surface area contributed by atoms with Crippen LogP contribution in [0.1, 0.15) is 12.0 Å². The Balaban J connectivity index is 2.42. The number of thiol groups is 1. The minimum atomic E-state index is -0.235. The molecule has 0 radical (unpaired) electrons. The van der Waals surface area contributed by atoms with E-state index in [1.807, 2.05) is 24.3 Å². The van der Waals surface area contributed by atoms with Crippen LogP contribution in [0.4, 0.5) is 4.39 Å². The molecule has 1 aromatic heterocycles. The second-order valence-corrected chi connectivity index (χ2v) is 3.93. The molecule has 0 fully saturated rings. The Morgan fingerprint density at radius 1 is 1.38 bits per heavy atom. The summed E-state index contributed by atoms with van der Waals surface area (Å²) in [6.45, 7) is 0. The third-order valence-corrected chi connectivity index (χ3v) is 2.57. The molecule has 0 bridgehead atoms. The van der Waals surface area contributed by atoms with Crippen molar-refractivity contribution in [1.29, 1.82) is 0 Å². The van der Waals surface area contributed by atoms with E-state index in [1.165, 1.54) is 6.07 Å². The standard InChI is InChI=1S/C13H12FNS/c14-12-9-13-11(5-3-6-15-13)8-10(12)4-1-2-7-16/h1,3-6,8-9,16H,2,7H2. The molecule has 0 unspecified atom stereocenters. The Bertz CT molecular complexity index is 522. The van der Waals surface area contributed by atoms with Crippen molar-refractivity contribution in [2.45, 2.75) is 6.42 Å². The van der Waals surface area contributed by atoms with E-state index in [2.05, 4.69) is 17.6 Å². The molecule has 0 aliphatic rings. The van der Waals surface area contributed by atoms with Crippen molar-refractivity contribution in [3.05, 3.63) is 47.9 Å². The van der Waals surface area contributed by atoms with Crippen molar-refractivity contribution in [1.82, 2.24) is 4.98 Å². The average Bonchev–Trinajstić information content (AvgIpc) is 2.30. The van der Waals surface area contributed by atoms with Gasteiger partial charge in [0.2, 0.25) is 0 Å². The van der Waals surface area contributed by atoms with Crippen LogP contribution in [0, 0.1) is 5.82 Å². The number of aromatic nitrogens is 1. The molecule has 0 amide bonds. The van der Waals surface area contributed by atoms with E-state index in [0.29, 0.717) is 11.1 Å². The maximum absolute atomic E-state index is 13.6. The molecule has 16 heavy (non-hydrogen) atoms. The van der Waals surface area contributed by atoms with E-state index in [1.54, 1.807) is 12.3 Å². The summed E-state index contributed by atoms with van der Waals surface area (Å²) in [5, 5.41) is 0.953. The van der Waals surface area contributed by atoms with Gasteiger partial charge in [-0.2, -0.15) is 12.6 Å². The number of pyridine rings is 1. The van der Waals surface area contributed by atoms with Gasteiger partial charge in [0.25, 0.3) is 0 Å². The van der Waals surface area contributed by atoms with Crippen LogP contribution in [-0.4, -0.2) is 10.7 Å². The number of nitrogens with zero attached hydrogens (tertiary/aromatic N) is 1. The fraction of sp³-hybridized carbons (Fsp3) is 0.154. The number of benzene rings is 1. The van der Waals surface area contributed by atoms with E-state index >= 15 is 0 Å². The molecule has 0 aliphatic carbocycles. The molecule has 0 spiro atoms. The Labute approximate surface area is 99.4 Å². The number of rotatable bonds is 3. The van der Waals surface area contributed by atoms with Crippen molar-refractivity contribution in [2.75, 3.05) is 5.75 Å². The van der Waals surface area contributed by atoms with Crippen molar-refractivity contribution in [2.24, 2.45) is 0 Å². The SMILES string of the molecule is Fc1cc2ncccc2cc1C=CCCS. The second-order valence-electron chi connectivity index (χ2n) is 3.48. The summed E-state index contributed by atoms with van der Waals surface area (Å²) in [6.07, 6.45) is 6.22. The molecule has 0 saturated carbocycles. The molecule has 2 rings (SSSR count). The Morgan fingerprint density at radius 3 is 3.06 bits per heavy atom. The van der Waals surface area contributed by atoms with Crippen molar-refractivity contribution in [3.63, 3.8) is 0 Å². The normalized spacial score (nSPS) is 11.4. The number of hydrogen-bond acceptors (Lipinski definition) is 2. The monoisotopic (exact) mass is 233 g/mol. The zero-order chi connectivity index (χ0) is 11.4. The number of halogens is 1. The highest BCUT2D eigenvalue weighted by molar-refractivity contribution is 7.80. The summed E-state index contributed by atoms with van der Waals surface area (Å²) in [7, 11) is 0. The summed E-state index contributed by atoms with van der Waals surface area (Å²) in [5.74, 6) is 0.536. The molecule has 1 aromatic carbocycles. The molecule has 0 aliphatic heterocycles. The third-order valence-electron chi connectivity index (χ3n) is 2.31. The van der Waals surface area contributed by atoms with Gasteiger partial charge in [-0.15, -0.1) is 0 Å². The lowest BCUT2D eigenvalue weighted by Gasteiger charge is -2.00. The zero-order valence-corrected chi connectivity index (χ0v) is 9.62. The molecule has 3 heteroatoms. The molecule has 0 saturated heterocycles. The first-order chi connectivity index (χ1) is 7.81. The second kappa shape index (κ2) is 5.12. The van der Waals surface area contributed by atoms with Crippen molar-refractivity contribution in [3.8, 4) is 0 Å². The van der Waals surface area contributed by atoms with Gasteiger partial charge in [-0.05, 0) is 24.3 Å². The van der Waals surface area contributed by atoms with E-state index in [-0.39, 0.29) is 5.82 Å². The summed E-state index contributed by atoms with van der Waals surface area (Å²) in [5.41, 5.74) is 1.29. The van der Waals surface area contributed by atoms with E-state index in [9.17, 15) is 4.39 Å². The molecule has 1 nitrogen and oxygen atoms in total. The molecule has 0 atom stereocenters. The van der Waals surface area contributed by atoms with Gasteiger partial charge in [0, 0.05) is 23.2 Å². The lowest BCUT2D eigenvalue weighted by Crippen LogP contribution is -1.85. The summed E-state index contributed by atoms with van der Waals surface area (Å²) in [4.78, 5) is 4.10. The molecule has 1 heterocycles. The minimum Gasteiger partial charge on any atom is -0.256 e. The van der Waals surface area contributed by atoms with Gasteiger partial charge in [0.1, 0.15) is 5.82 Å². The van der Waals surface area contributed by atoms with Crippen LogP contribution in [0.2, 0.25) is 0 Å². The Hall–Kier alpha value is -1.35. The lowest BCUT2D eigenvalue weighted by molar-refractivity contribution is 0.626. The van der Waals surface area contributed by atoms with Gasteiger partial charge in [-0.3, -0.25) is 4.98 Å². The zero-order valence-electron chi connectivity index (χ0n) is 8.73. The fourth-order valence-electron chi connectivity index (χ4n) is 1.53. The van der Waals surface area contributed by atoms with Crippen LogP contribution in [0.3, 0.4) is 0 Å². The fourth-order valence-corrected chi connectivity index (χ4v) is 1.67. The van der Waals surface area contributed by atoms with Gasteiger partial charge in [0.05, 0.1) is 5.52 Å². The first-order valence-electron chi connectivity index (χ1n) is 5.13. The molecular formula is C13H12FNS. The quantitative estimate of drug-likeness (QED) is 0.797. The van der Waals surface area contributed by atoms with Gasteiger partial charge >= 0.3 is 0 Å². The topological polar surface area (TPSA) is 12.9 Å². The molecule has 82 valence electrons. The third kappa shape index (κ3) is 2.42. The van der Waals surface area contributed by atoms with Gasteiger partial charge < -0.3 is 0 Å². The smallest absolute Gasteiger partial charge is 0.132 e. The summed E-state index contributed by atoms with van der Waals surface area (Å²) in [6, 6.07) is 7.06. The maximum atomic E-state index is 13.6. The highest BCUT2D eigenvalue weighted by Crippen LogP contribution is 2.18. The highest BCUT2D eigenvalue weighted by Gasteiger charge is 2.01. The van der Waals surface area contributed by atoms with Crippen LogP contribution in [-0.2, 0) is 0 Å². The minimum absolute atomic E-state index is 0.235. The van der Waals surface area contributed by atoms with E-state index in [0.717, 1.165) is 17.6 Å². The maximum Gasteiger partial charge on any atom is 0.132 e. The van der Waals surface area contributed by atoms with Crippen LogP contribution >= 0.6 is 12.6 Å². The van der Waals surface area contributed by atoms with Crippen LogP contribution in [0.15, 0.2) is 36.5 Å². The predicted molar refractivity (Wildman–Crippen MR) is 69.2 cm³/mol. The summed E-state index contributed by atoms with van der Waals surface area (Å²) >= 11 is 4.10. The van der Waals surface area contributed by atoms with Gasteiger partial charge in [-0.25, -0.2) is 4.39 Å². The van der Waals surface area contributed by atoms with Crippen LogP contribution in [0.5, 0.6) is 0 Å². The lowest BCUT2D eigenvalue weighted by atomic mass is 10.1. The van der Waals surface area contributed by atoms with Crippen molar-refractivity contribution >= 4 is 29.6 Å². The van der Waals surface area contributed by atoms with E-state index in [4.69, 9.17) is 0 Å². The van der Waals surface area contributed by atoms with Gasteiger partial charge in [-0.1, -0.05) is 18.2 Å². The highest BCUT2D eigenvalue weighted by atomic mass is 32.1. The largest absolute Gasteiger partial charge is 0.256 e. The van der Waals surface area contributed by atoms with Crippen LogP contribution in [0.25, 0.3) is 17.0 Å². The van der Waals surface area contributed by atoms with Crippen molar-refractivity contribution < 1.29 is 4.39 Å².